The minimum atomic E-state index is -4.58. The van der Waals surface area contributed by atoms with Crippen molar-refractivity contribution < 1.29 is 13.2 Å². The Hall–Kier alpha value is -2.56. The molecule has 0 amide bonds. The molecule has 0 spiro atoms. The summed E-state index contributed by atoms with van der Waals surface area (Å²) >= 11 is 0. The largest absolute Gasteiger partial charge is 0.417 e. The topological polar surface area (TPSA) is 66.5 Å². The lowest BCUT2D eigenvalue weighted by molar-refractivity contribution is -0.137. The van der Waals surface area contributed by atoms with E-state index in [-0.39, 0.29) is 23.5 Å². The molecule has 1 fully saturated rings. The molecule has 2 aromatic rings. The number of nitrogens with zero attached hydrogens (tertiary/aromatic N) is 4. The average Bonchev–Trinajstić information content (AvgIpc) is 3.07. The molecule has 5 nitrogen and oxygen atoms in total. The number of rotatable bonds is 3. The van der Waals surface area contributed by atoms with Crippen molar-refractivity contribution in [3.8, 4) is 6.07 Å². The van der Waals surface area contributed by atoms with Gasteiger partial charge in [0.25, 0.3) is 0 Å². The van der Waals surface area contributed by atoms with E-state index in [0.717, 1.165) is 18.2 Å². The third-order valence-corrected chi connectivity index (χ3v) is 3.92. The van der Waals surface area contributed by atoms with E-state index < -0.39 is 17.3 Å². The Balaban J connectivity index is 1.89. The Morgan fingerprint density at radius 3 is 2.74 bits per heavy atom. The summed E-state index contributed by atoms with van der Waals surface area (Å²) in [6, 6.07) is 4.36. The molecule has 1 aliphatic rings. The Labute approximate surface area is 130 Å². The molecule has 120 valence electrons. The molecule has 0 unspecified atom stereocenters. The van der Waals surface area contributed by atoms with Gasteiger partial charge in [0.05, 0.1) is 5.56 Å². The molecule has 1 N–H and O–H groups in total. The van der Waals surface area contributed by atoms with Crippen molar-refractivity contribution >= 4 is 5.82 Å². The highest BCUT2D eigenvalue weighted by molar-refractivity contribution is 5.59. The van der Waals surface area contributed by atoms with Gasteiger partial charge < -0.3 is 5.32 Å². The molecule has 2 aromatic heterocycles. The van der Waals surface area contributed by atoms with Gasteiger partial charge in [-0.25, -0.2) is 4.98 Å². The fourth-order valence-electron chi connectivity index (χ4n) is 2.72. The number of nitriles is 1. The van der Waals surface area contributed by atoms with E-state index in [1.54, 1.807) is 16.9 Å². The molecular formula is C15H14F3N5. The predicted molar refractivity (Wildman–Crippen MR) is 76.7 cm³/mol. The standard InChI is InChI=1S/C15H14F3N5/c1-8-5-11(15(16,17)18)10(7-19)14(21-8)22-12-6-9(12)13-3-4-20-23(13)2/h3-5,9,12H,6H2,1-2H3,(H,21,22)/t9-,12-/m1/s1. The first-order valence-electron chi connectivity index (χ1n) is 7.04. The predicted octanol–water partition coefficient (Wildman–Crippen LogP) is 2.98. The van der Waals surface area contributed by atoms with E-state index in [9.17, 15) is 13.2 Å². The zero-order valence-electron chi connectivity index (χ0n) is 12.5. The average molecular weight is 321 g/mol. The van der Waals surface area contributed by atoms with Gasteiger partial charge in [0.1, 0.15) is 17.5 Å². The van der Waals surface area contributed by atoms with Gasteiger partial charge in [-0.05, 0) is 25.5 Å². The maximum absolute atomic E-state index is 13.1. The lowest BCUT2D eigenvalue weighted by Crippen LogP contribution is -2.15. The molecule has 2 heterocycles. The van der Waals surface area contributed by atoms with Gasteiger partial charge in [0.15, 0.2) is 0 Å². The van der Waals surface area contributed by atoms with Crippen LogP contribution >= 0.6 is 0 Å². The number of hydrogen-bond acceptors (Lipinski definition) is 4. The van der Waals surface area contributed by atoms with Gasteiger partial charge >= 0.3 is 6.18 Å². The molecule has 2 atom stereocenters. The van der Waals surface area contributed by atoms with Crippen LogP contribution in [0.15, 0.2) is 18.3 Å². The second-order valence-corrected chi connectivity index (χ2v) is 5.62. The summed E-state index contributed by atoms with van der Waals surface area (Å²) in [6.07, 6.45) is -2.14. The van der Waals surface area contributed by atoms with E-state index in [2.05, 4.69) is 15.4 Å². The lowest BCUT2D eigenvalue weighted by atomic mass is 10.1. The summed E-state index contributed by atoms with van der Waals surface area (Å²) in [5.74, 6) is 0.153. The van der Waals surface area contributed by atoms with E-state index >= 15 is 0 Å². The minimum Gasteiger partial charge on any atom is -0.366 e. The van der Waals surface area contributed by atoms with Crippen LogP contribution in [0.1, 0.15) is 34.9 Å². The number of hydrogen-bond donors (Lipinski definition) is 1. The van der Waals surface area contributed by atoms with E-state index in [1.165, 1.54) is 6.92 Å². The number of nitrogens with one attached hydrogen (secondary N) is 1. The van der Waals surface area contributed by atoms with Crippen LogP contribution in [0, 0.1) is 18.3 Å². The zero-order valence-corrected chi connectivity index (χ0v) is 12.5. The van der Waals surface area contributed by atoms with E-state index in [1.807, 2.05) is 13.1 Å². The first-order chi connectivity index (χ1) is 10.8. The number of anilines is 1. The fourth-order valence-corrected chi connectivity index (χ4v) is 2.72. The summed E-state index contributed by atoms with van der Waals surface area (Å²) in [5, 5.41) is 16.2. The third-order valence-electron chi connectivity index (χ3n) is 3.92. The maximum atomic E-state index is 13.1. The zero-order chi connectivity index (χ0) is 16.8. The van der Waals surface area contributed by atoms with Gasteiger partial charge in [-0.15, -0.1) is 0 Å². The summed E-state index contributed by atoms with van der Waals surface area (Å²) in [4.78, 5) is 4.08. The summed E-state index contributed by atoms with van der Waals surface area (Å²) in [6.45, 7) is 1.48. The highest BCUT2D eigenvalue weighted by Crippen LogP contribution is 2.43. The normalized spacial score (nSPS) is 20.2. The highest BCUT2D eigenvalue weighted by atomic mass is 19.4. The first-order valence-corrected chi connectivity index (χ1v) is 7.04. The lowest BCUT2D eigenvalue weighted by Gasteiger charge is -2.14. The van der Waals surface area contributed by atoms with Gasteiger partial charge in [0.2, 0.25) is 0 Å². The summed E-state index contributed by atoms with van der Waals surface area (Å²) in [5.41, 5.74) is -0.187. The molecule has 3 rings (SSSR count). The second-order valence-electron chi connectivity index (χ2n) is 5.62. The van der Waals surface area contributed by atoms with Crippen molar-refractivity contribution in [2.45, 2.75) is 31.5 Å². The highest BCUT2D eigenvalue weighted by Gasteiger charge is 2.42. The molecule has 0 radical (unpaired) electrons. The fraction of sp³-hybridized carbons (Fsp3) is 0.400. The maximum Gasteiger partial charge on any atom is 0.417 e. The van der Waals surface area contributed by atoms with Crippen LogP contribution in [0.4, 0.5) is 19.0 Å². The number of alkyl halides is 3. The van der Waals surface area contributed by atoms with E-state index in [0.29, 0.717) is 0 Å². The van der Waals surface area contributed by atoms with E-state index in [4.69, 9.17) is 5.26 Å². The van der Waals surface area contributed by atoms with Crippen LogP contribution < -0.4 is 5.32 Å². The van der Waals surface area contributed by atoms with Crippen molar-refractivity contribution in [3.63, 3.8) is 0 Å². The molecule has 23 heavy (non-hydrogen) atoms. The van der Waals surface area contributed by atoms with Crippen molar-refractivity contribution in [1.82, 2.24) is 14.8 Å². The Morgan fingerprint density at radius 1 is 1.43 bits per heavy atom. The molecule has 8 heteroatoms. The van der Waals surface area contributed by atoms with Crippen molar-refractivity contribution in [2.75, 3.05) is 5.32 Å². The van der Waals surface area contributed by atoms with Gasteiger partial charge in [-0.2, -0.15) is 23.5 Å². The molecule has 0 saturated heterocycles. The summed E-state index contributed by atoms with van der Waals surface area (Å²) < 4.78 is 41.0. The number of halogens is 3. The van der Waals surface area contributed by atoms with Crippen molar-refractivity contribution in [1.29, 1.82) is 5.26 Å². The van der Waals surface area contributed by atoms with Crippen LogP contribution in [0.5, 0.6) is 0 Å². The Morgan fingerprint density at radius 2 is 2.17 bits per heavy atom. The molecule has 0 aliphatic heterocycles. The van der Waals surface area contributed by atoms with Crippen LogP contribution in [0.25, 0.3) is 0 Å². The van der Waals surface area contributed by atoms with Crippen LogP contribution in [-0.4, -0.2) is 20.8 Å². The molecule has 0 bridgehead atoms. The monoisotopic (exact) mass is 321 g/mol. The van der Waals surface area contributed by atoms with Crippen molar-refractivity contribution in [3.05, 3.63) is 40.8 Å². The third kappa shape index (κ3) is 2.86. The minimum absolute atomic E-state index is 0.00510. The number of aromatic nitrogens is 3. The smallest absolute Gasteiger partial charge is 0.366 e. The second kappa shape index (κ2) is 5.26. The number of aryl methyl sites for hydroxylation is 2. The molecular weight excluding hydrogens is 307 g/mol. The van der Waals surface area contributed by atoms with Gasteiger partial charge in [-0.1, -0.05) is 0 Å². The Bertz CT molecular complexity index is 787. The molecule has 1 aliphatic carbocycles. The molecule has 0 aromatic carbocycles. The first kappa shape index (κ1) is 15.3. The Kier molecular flexibility index (Phi) is 3.51. The van der Waals surface area contributed by atoms with Gasteiger partial charge in [0, 0.05) is 36.6 Å². The quantitative estimate of drug-likeness (QED) is 0.944. The van der Waals surface area contributed by atoms with Crippen LogP contribution in [-0.2, 0) is 13.2 Å². The SMILES string of the molecule is Cc1cc(C(F)(F)F)c(C#N)c(N[C@@H]2C[C@H]2c2ccnn2C)n1. The molecule has 1 saturated carbocycles. The van der Waals surface area contributed by atoms with Crippen LogP contribution in [0.2, 0.25) is 0 Å². The van der Waals surface area contributed by atoms with Gasteiger partial charge in [-0.3, -0.25) is 4.68 Å². The number of pyridine rings is 1. The summed E-state index contributed by atoms with van der Waals surface area (Å²) in [7, 11) is 1.82. The van der Waals surface area contributed by atoms with Crippen LogP contribution in [0.3, 0.4) is 0 Å². The van der Waals surface area contributed by atoms with Crippen molar-refractivity contribution in [2.24, 2.45) is 7.05 Å².